The molecular weight excluding hydrogens is 480 g/mol. The monoisotopic (exact) mass is 500 g/mol. The summed E-state index contributed by atoms with van der Waals surface area (Å²) in [7, 11) is 0. The van der Waals surface area contributed by atoms with E-state index in [1.165, 1.54) is 5.56 Å². The van der Waals surface area contributed by atoms with Gasteiger partial charge in [-0.3, -0.25) is 4.79 Å². The molecule has 0 saturated carbocycles. The van der Waals surface area contributed by atoms with Crippen molar-refractivity contribution in [1.82, 2.24) is 25.2 Å². The van der Waals surface area contributed by atoms with Gasteiger partial charge in [0.2, 0.25) is 5.82 Å². The molecule has 0 saturated heterocycles. The fourth-order valence-corrected chi connectivity index (χ4v) is 4.36. The normalized spacial score (nSPS) is 11.1. The Morgan fingerprint density at radius 1 is 1.00 bits per heavy atom. The molecule has 33 heavy (non-hydrogen) atoms. The molecule has 5 rings (SSSR count). The van der Waals surface area contributed by atoms with Crippen LogP contribution in [0.1, 0.15) is 22.5 Å². The second-order valence-electron chi connectivity index (χ2n) is 7.71. The summed E-state index contributed by atoms with van der Waals surface area (Å²) < 4.78 is 2.95. The number of amides is 1. The number of tetrazole rings is 1. The molecule has 0 spiro atoms. The summed E-state index contributed by atoms with van der Waals surface area (Å²) >= 11 is 3.47. The van der Waals surface area contributed by atoms with Gasteiger partial charge in [0.05, 0.1) is 5.69 Å². The molecule has 8 heteroatoms. The molecule has 5 aromatic rings. The number of rotatable bonds is 7. The highest BCUT2D eigenvalue weighted by atomic mass is 79.9. The summed E-state index contributed by atoms with van der Waals surface area (Å²) in [5, 5.41) is 18.3. The van der Waals surface area contributed by atoms with Crippen molar-refractivity contribution in [3.05, 3.63) is 94.6 Å². The van der Waals surface area contributed by atoms with E-state index in [9.17, 15) is 4.79 Å². The van der Waals surface area contributed by atoms with E-state index in [1.54, 1.807) is 0 Å². The lowest BCUT2D eigenvalue weighted by molar-refractivity contribution is 0.101. The van der Waals surface area contributed by atoms with Crippen molar-refractivity contribution in [2.45, 2.75) is 19.4 Å². The zero-order valence-electron chi connectivity index (χ0n) is 17.7. The lowest BCUT2D eigenvalue weighted by atomic mass is 10.1. The highest BCUT2D eigenvalue weighted by Gasteiger charge is 2.18. The Kier molecular flexibility index (Phi) is 5.99. The number of anilines is 1. The van der Waals surface area contributed by atoms with Gasteiger partial charge < -0.3 is 9.88 Å². The van der Waals surface area contributed by atoms with E-state index in [0.717, 1.165) is 34.8 Å². The van der Waals surface area contributed by atoms with Gasteiger partial charge in [-0.1, -0.05) is 64.5 Å². The number of nitrogens with one attached hydrogen (secondary N) is 2. The summed E-state index contributed by atoms with van der Waals surface area (Å²) in [6.45, 7) is 0.739. The van der Waals surface area contributed by atoms with Crippen molar-refractivity contribution in [3.63, 3.8) is 0 Å². The molecule has 0 bridgehead atoms. The number of hydrogen-bond acceptors (Lipinski definition) is 4. The molecule has 2 aromatic heterocycles. The van der Waals surface area contributed by atoms with E-state index in [0.29, 0.717) is 22.8 Å². The summed E-state index contributed by atoms with van der Waals surface area (Å²) in [6, 6.07) is 26.0. The molecule has 0 unspecified atom stereocenters. The van der Waals surface area contributed by atoms with Crippen LogP contribution in [0.25, 0.3) is 22.3 Å². The van der Waals surface area contributed by atoms with Gasteiger partial charge in [-0.15, -0.1) is 10.2 Å². The quantitative estimate of drug-likeness (QED) is 0.310. The predicted molar refractivity (Wildman–Crippen MR) is 132 cm³/mol. The number of aromatic amines is 1. The third-order valence-corrected chi connectivity index (χ3v) is 6.04. The van der Waals surface area contributed by atoms with Crippen LogP contribution in [0.2, 0.25) is 0 Å². The first-order valence-corrected chi connectivity index (χ1v) is 11.5. The molecule has 2 heterocycles. The summed E-state index contributed by atoms with van der Waals surface area (Å²) in [4.78, 5) is 13.4. The van der Waals surface area contributed by atoms with E-state index < -0.39 is 0 Å². The number of aryl methyl sites for hydroxylation is 2. The zero-order valence-corrected chi connectivity index (χ0v) is 19.3. The molecule has 1 amide bonds. The fourth-order valence-electron chi connectivity index (χ4n) is 4.00. The fraction of sp³-hybridized carbons (Fsp3) is 0.120. The minimum Gasteiger partial charge on any atom is -0.336 e. The molecule has 164 valence electrons. The number of halogens is 1. The Bertz CT molecular complexity index is 1400. The summed E-state index contributed by atoms with van der Waals surface area (Å²) in [5.74, 6) is 0.230. The number of para-hydroxylation sites is 1. The number of benzene rings is 3. The van der Waals surface area contributed by atoms with Crippen molar-refractivity contribution in [2.24, 2.45) is 0 Å². The largest absolute Gasteiger partial charge is 0.336 e. The standard InChI is InChI=1S/C25H21BrN6O/c26-19-12-13-21(20(16-19)24-28-30-31-29-24)27-25(33)23-15-18-10-4-5-11-22(18)32(23)14-6-9-17-7-2-1-3-8-17/h1-5,7-8,10-13,15-16H,6,9,14H2,(H,27,33)(H,28,29,30,31). The Morgan fingerprint density at radius 3 is 2.64 bits per heavy atom. The lowest BCUT2D eigenvalue weighted by Crippen LogP contribution is -2.18. The first-order valence-electron chi connectivity index (χ1n) is 10.7. The number of carbonyl (C=O) groups is 1. The SMILES string of the molecule is O=C(Nc1ccc(Br)cc1-c1nn[nH]n1)c1cc2ccccc2n1CCCc1ccccc1. The number of nitrogens with zero attached hydrogens (tertiary/aromatic N) is 4. The van der Waals surface area contributed by atoms with Crippen LogP contribution in [-0.4, -0.2) is 31.1 Å². The molecule has 0 fully saturated rings. The third-order valence-electron chi connectivity index (χ3n) is 5.55. The van der Waals surface area contributed by atoms with Crippen LogP contribution in [0.5, 0.6) is 0 Å². The first kappa shape index (κ1) is 21.1. The van der Waals surface area contributed by atoms with Gasteiger partial charge in [0.1, 0.15) is 5.69 Å². The average molecular weight is 501 g/mol. The van der Waals surface area contributed by atoms with Crippen LogP contribution >= 0.6 is 15.9 Å². The van der Waals surface area contributed by atoms with Crippen LogP contribution in [0.15, 0.2) is 83.3 Å². The van der Waals surface area contributed by atoms with Gasteiger partial charge in [0.25, 0.3) is 5.91 Å². The van der Waals surface area contributed by atoms with Gasteiger partial charge in [-0.2, -0.15) is 5.21 Å². The highest BCUT2D eigenvalue weighted by Crippen LogP contribution is 2.29. The summed E-state index contributed by atoms with van der Waals surface area (Å²) in [6.07, 6.45) is 1.87. The van der Waals surface area contributed by atoms with E-state index in [2.05, 4.69) is 76.8 Å². The van der Waals surface area contributed by atoms with E-state index in [1.807, 2.05) is 48.5 Å². The third kappa shape index (κ3) is 4.56. The molecule has 0 atom stereocenters. The van der Waals surface area contributed by atoms with Gasteiger partial charge >= 0.3 is 0 Å². The van der Waals surface area contributed by atoms with Crippen LogP contribution in [-0.2, 0) is 13.0 Å². The Hall–Kier alpha value is -3.78. The molecule has 7 nitrogen and oxygen atoms in total. The Balaban J connectivity index is 1.44. The minimum absolute atomic E-state index is 0.182. The first-order chi connectivity index (χ1) is 16.2. The van der Waals surface area contributed by atoms with E-state index in [-0.39, 0.29) is 5.91 Å². The predicted octanol–water partition coefficient (Wildman–Crippen LogP) is 5.47. The number of aromatic nitrogens is 5. The Labute approximate surface area is 199 Å². The van der Waals surface area contributed by atoms with Crippen molar-refractivity contribution in [1.29, 1.82) is 0 Å². The average Bonchev–Trinajstić information content (AvgIpc) is 3.50. The summed E-state index contributed by atoms with van der Waals surface area (Å²) in [5.41, 5.74) is 4.25. The van der Waals surface area contributed by atoms with Crippen molar-refractivity contribution in [2.75, 3.05) is 5.32 Å². The molecule has 0 aliphatic heterocycles. The van der Waals surface area contributed by atoms with Gasteiger partial charge in [-0.05, 0) is 54.0 Å². The lowest BCUT2D eigenvalue weighted by Gasteiger charge is -2.13. The maximum atomic E-state index is 13.4. The van der Waals surface area contributed by atoms with Crippen LogP contribution < -0.4 is 5.32 Å². The van der Waals surface area contributed by atoms with Gasteiger partial charge in [0.15, 0.2) is 0 Å². The zero-order chi connectivity index (χ0) is 22.6. The smallest absolute Gasteiger partial charge is 0.272 e. The van der Waals surface area contributed by atoms with Crippen molar-refractivity contribution < 1.29 is 4.79 Å². The number of fused-ring (bicyclic) bond motifs is 1. The topological polar surface area (TPSA) is 88.5 Å². The van der Waals surface area contributed by atoms with Crippen LogP contribution in [0.4, 0.5) is 5.69 Å². The second-order valence-corrected chi connectivity index (χ2v) is 8.62. The molecule has 0 aliphatic rings. The maximum absolute atomic E-state index is 13.4. The van der Waals surface area contributed by atoms with Crippen molar-refractivity contribution in [3.8, 4) is 11.4 Å². The van der Waals surface area contributed by atoms with Gasteiger partial charge in [0, 0.05) is 27.5 Å². The molecule has 0 aliphatic carbocycles. The molecular formula is C25H21BrN6O. The molecule has 2 N–H and O–H groups in total. The number of carbonyl (C=O) groups excluding carboxylic acids is 1. The van der Waals surface area contributed by atoms with Crippen LogP contribution in [0, 0.1) is 0 Å². The highest BCUT2D eigenvalue weighted by molar-refractivity contribution is 9.10. The molecule has 3 aromatic carbocycles. The minimum atomic E-state index is -0.182. The van der Waals surface area contributed by atoms with Crippen LogP contribution in [0.3, 0.4) is 0 Å². The second kappa shape index (κ2) is 9.38. The number of hydrogen-bond donors (Lipinski definition) is 2. The van der Waals surface area contributed by atoms with E-state index in [4.69, 9.17) is 0 Å². The van der Waals surface area contributed by atoms with Crippen molar-refractivity contribution >= 4 is 38.4 Å². The van der Waals surface area contributed by atoms with Gasteiger partial charge in [-0.25, -0.2) is 0 Å². The maximum Gasteiger partial charge on any atom is 0.272 e. The molecule has 0 radical (unpaired) electrons. The number of H-pyrrole nitrogens is 1. The Morgan fingerprint density at radius 2 is 1.82 bits per heavy atom. The van der Waals surface area contributed by atoms with E-state index >= 15 is 0 Å².